The van der Waals surface area contributed by atoms with E-state index < -0.39 is 41.1 Å². The molecule has 0 aliphatic carbocycles. The average Bonchev–Trinajstić information content (AvgIpc) is 3.16. The molecule has 1 aliphatic heterocycles. The van der Waals surface area contributed by atoms with Crippen molar-refractivity contribution in [1.82, 2.24) is 10.2 Å². The second-order valence-corrected chi connectivity index (χ2v) is 13.2. The van der Waals surface area contributed by atoms with Crippen LogP contribution in [-0.2, 0) is 10.3 Å². The highest BCUT2D eigenvalue weighted by molar-refractivity contribution is 6.31. The van der Waals surface area contributed by atoms with Gasteiger partial charge in [0.25, 0.3) is 0 Å². The van der Waals surface area contributed by atoms with Crippen molar-refractivity contribution in [1.29, 1.82) is 0 Å². The molecule has 6 nitrogen and oxygen atoms in total. The van der Waals surface area contributed by atoms with Crippen LogP contribution in [0.3, 0.4) is 0 Å². The Bertz CT molecular complexity index is 1480. The number of nitrogens with zero attached hydrogens (tertiary/aromatic N) is 1. The number of carbonyl (C=O) groups is 2. The number of anilines is 1. The van der Waals surface area contributed by atoms with Gasteiger partial charge in [-0.1, -0.05) is 62.2 Å². The lowest BCUT2D eigenvalue weighted by Crippen LogP contribution is -2.52. The molecule has 1 fully saturated rings. The standard InChI is InChI=1S/C32H36Cl2F2N4O2/c1-31(2,3)16-26-32(37,22-14-11-19(33)15-24(22)35)27(21-7-6-8-23(34)28(21)36)29(39-26)30(42)38-20-12-9-18(10-13-20)25(41)17-40(4)5/h6-15,26-27,29,39H,16-17,37H2,1-5H3,(H,38,42)/t26-,27-,29+,32+/m0/s1. The molecule has 1 aliphatic rings. The summed E-state index contributed by atoms with van der Waals surface area (Å²) in [5.74, 6) is -2.99. The van der Waals surface area contributed by atoms with E-state index in [2.05, 4.69) is 10.6 Å². The smallest absolute Gasteiger partial charge is 0.242 e. The molecule has 0 bridgehead atoms. The van der Waals surface area contributed by atoms with E-state index in [1.54, 1.807) is 49.3 Å². The van der Waals surface area contributed by atoms with E-state index in [0.29, 0.717) is 17.7 Å². The molecule has 1 saturated heterocycles. The van der Waals surface area contributed by atoms with E-state index in [1.807, 2.05) is 20.8 Å². The number of hydrogen-bond acceptors (Lipinski definition) is 5. The van der Waals surface area contributed by atoms with Crippen LogP contribution in [-0.4, -0.2) is 49.3 Å². The number of carbonyl (C=O) groups excluding carboxylic acids is 2. The molecule has 0 spiro atoms. The summed E-state index contributed by atoms with van der Waals surface area (Å²) in [6, 6.07) is 13.5. The Morgan fingerprint density at radius 2 is 1.71 bits per heavy atom. The van der Waals surface area contributed by atoms with E-state index in [0.717, 1.165) is 6.07 Å². The number of nitrogens with one attached hydrogen (secondary N) is 2. The summed E-state index contributed by atoms with van der Waals surface area (Å²) in [4.78, 5) is 28.2. The molecular formula is C32H36Cl2F2N4O2. The maximum atomic E-state index is 15.7. The van der Waals surface area contributed by atoms with E-state index in [-0.39, 0.29) is 38.9 Å². The summed E-state index contributed by atoms with van der Waals surface area (Å²) in [6.45, 7) is 6.28. The lowest BCUT2D eigenvalue weighted by Gasteiger charge is -2.40. The number of amides is 1. The van der Waals surface area contributed by atoms with Crippen LogP contribution in [0.2, 0.25) is 10.0 Å². The Hall–Kier alpha value is -2.88. The summed E-state index contributed by atoms with van der Waals surface area (Å²) < 4.78 is 31.4. The van der Waals surface area contributed by atoms with Crippen molar-refractivity contribution < 1.29 is 18.4 Å². The summed E-state index contributed by atoms with van der Waals surface area (Å²) in [6.07, 6.45) is 0.441. The first-order chi connectivity index (χ1) is 19.6. The van der Waals surface area contributed by atoms with Gasteiger partial charge in [0.05, 0.1) is 23.1 Å². The number of Topliss-reactive ketones (excluding diaryl/α,β-unsaturated/α-hetero) is 1. The van der Waals surface area contributed by atoms with Crippen LogP contribution in [0.1, 0.15) is 54.6 Å². The van der Waals surface area contributed by atoms with Crippen LogP contribution in [0.15, 0.2) is 60.7 Å². The molecule has 0 radical (unpaired) electrons. The minimum absolute atomic E-state index is 0.0604. The first-order valence-corrected chi connectivity index (χ1v) is 14.4. The maximum Gasteiger partial charge on any atom is 0.242 e. The van der Waals surface area contributed by atoms with Crippen molar-refractivity contribution >= 4 is 40.6 Å². The number of nitrogens with two attached hydrogens (primary N) is 1. The van der Waals surface area contributed by atoms with Crippen molar-refractivity contribution in [2.45, 2.75) is 50.7 Å². The third-order valence-electron chi connectivity index (χ3n) is 7.55. The Morgan fingerprint density at radius 1 is 1.05 bits per heavy atom. The molecule has 3 aromatic carbocycles. The molecule has 42 heavy (non-hydrogen) atoms. The van der Waals surface area contributed by atoms with Gasteiger partial charge in [0, 0.05) is 33.8 Å². The maximum absolute atomic E-state index is 15.7. The Balaban J connectivity index is 1.80. The van der Waals surface area contributed by atoms with Crippen LogP contribution in [0.5, 0.6) is 0 Å². The molecular weight excluding hydrogens is 581 g/mol. The predicted molar refractivity (Wildman–Crippen MR) is 164 cm³/mol. The normalized spacial score (nSPS) is 22.4. The van der Waals surface area contributed by atoms with Gasteiger partial charge in [-0.15, -0.1) is 0 Å². The third-order valence-corrected chi connectivity index (χ3v) is 8.08. The fourth-order valence-electron chi connectivity index (χ4n) is 5.74. The van der Waals surface area contributed by atoms with Crippen LogP contribution in [0.4, 0.5) is 14.5 Å². The SMILES string of the molecule is CN(C)CC(=O)c1ccc(NC(=O)[C@@H]2N[C@@H](CC(C)(C)C)[C@](N)(c3ccc(Cl)cc3F)[C@H]2c2cccc(Cl)c2F)cc1. The van der Waals surface area contributed by atoms with E-state index in [4.69, 9.17) is 28.9 Å². The Kier molecular flexibility index (Phi) is 9.45. The number of halogens is 4. The summed E-state index contributed by atoms with van der Waals surface area (Å²) in [5.41, 5.74) is 6.50. The Labute approximate surface area is 255 Å². The molecule has 4 atom stereocenters. The topological polar surface area (TPSA) is 87.5 Å². The molecule has 4 rings (SSSR count). The van der Waals surface area contributed by atoms with Gasteiger partial charge in [0.15, 0.2) is 5.78 Å². The second-order valence-electron chi connectivity index (χ2n) is 12.4. The number of rotatable bonds is 8. The second kappa shape index (κ2) is 12.4. The monoisotopic (exact) mass is 616 g/mol. The van der Waals surface area contributed by atoms with Crippen molar-refractivity contribution in [2.24, 2.45) is 11.1 Å². The van der Waals surface area contributed by atoms with Crippen LogP contribution in [0.25, 0.3) is 0 Å². The van der Waals surface area contributed by atoms with Crippen molar-refractivity contribution in [2.75, 3.05) is 26.0 Å². The van der Waals surface area contributed by atoms with Crippen LogP contribution >= 0.6 is 23.2 Å². The minimum Gasteiger partial charge on any atom is -0.325 e. The van der Waals surface area contributed by atoms with E-state index in [9.17, 15) is 9.59 Å². The van der Waals surface area contributed by atoms with Crippen molar-refractivity contribution in [3.8, 4) is 0 Å². The van der Waals surface area contributed by atoms with Crippen molar-refractivity contribution in [3.63, 3.8) is 0 Å². The summed E-state index contributed by atoms with van der Waals surface area (Å²) >= 11 is 12.3. The zero-order chi connectivity index (χ0) is 31.0. The van der Waals surface area contributed by atoms with E-state index >= 15 is 8.78 Å². The molecule has 0 aromatic heterocycles. The van der Waals surface area contributed by atoms with Gasteiger partial charge in [-0.25, -0.2) is 8.78 Å². The predicted octanol–water partition coefficient (Wildman–Crippen LogP) is 6.37. The van der Waals surface area contributed by atoms with Gasteiger partial charge >= 0.3 is 0 Å². The fourth-order valence-corrected chi connectivity index (χ4v) is 6.08. The van der Waals surface area contributed by atoms with Gasteiger partial charge < -0.3 is 21.3 Å². The summed E-state index contributed by atoms with van der Waals surface area (Å²) in [5, 5.41) is 6.26. The highest BCUT2D eigenvalue weighted by Crippen LogP contribution is 2.50. The molecule has 0 unspecified atom stereocenters. The molecule has 0 saturated carbocycles. The largest absolute Gasteiger partial charge is 0.325 e. The minimum atomic E-state index is -1.57. The van der Waals surface area contributed by atoms with Crippen LogP contribution < -0.4 is 16.4 Å². The number of hydrogen-bond donors (Lipinski definition) is 3. The lowest BCUT2D eigenvalue weighted by molar-refractivity contribution is -0.118. The molecule has 10 heteroatoms. The highest BCUT2D eigenvalue weighted by atomic mass is 35.5. The Morgan fingerprint density at radius 3 is 2.31 bits per heavy atom. The van der Waals surface area contributed by atoms with Crippen molar-refractivity contribution in [3.05, 3.63) is 99.0 Å². The zero-order valence-electron chi connectivity index (χ0n) is 24.3. The van der Waals surface area contributed by atoms with Gasteiger partial charge in [0.2, 0.25) is 5.91 Å². The lowest BCUT2D eigenvalue weighted by atomic mass is 9.68. The van der Waals surface area contributed by atoms with Crippen LogP contribution in [0, 0.1) is 17.0 Å². The molecule has 224 valence electrons. The first kappa shape index (κ1) is 32.0. The summed E-state index contributed by atoms with van der Waals surface area (Å²) in [7, 11) is 3.61. The zero-order valence-corrected chi connectivity index (χ0v) is 25.8. The van der Waals surface area contributed by atoms with Gasteiger partial charge in [-0.05, 0) is 74.0 Å². The quantitative estimate of drug-likeness (QED) is 0.256. The molecule has 1 amide bonds. The molecule has 1 heterocycles. The highest BCUT2D eigenvalue weighted by Gasteiger charge is 2.58. The first-order valence-electron chi connectivity index (χ1n) is 13.6. The van der Waals surface area contributed by atoms with E-state index in [1.165, 1.54) is 24.3 Å². The third kappa shape index (κ3) is 6.68. The van der Waals surface area contributed by atoms with Gasteiger partial charge in [-0.2, -0.15) is 0 Å². The van der Waals surface area contributed by atoms with Gasteiger partial charge in [-0.3, -0.25) is 9.59 Å². The average molecular weight is 618 g/mol. The number of likely N-dealkylation sites (N-methyl/N-ethyl adjacent to an activating group) is 1. The molecule has 4 N–H and O–H groups in total. The number of benzene rings is 3. The fraction of sp³-hybridized carbons (Fsp3) is 0.375. The van der Waals surface area contributed by atoms with Gasteiger partial charge in [0.1, 0.15) is 11.6 Å². The number of ketones is 1. The molecule has 3 aromatic rings.